The maximum Gasteiger partial charge on any atom is 0.241 e. The Morgan fingerprint density at radius 3 is 1.82 bits per heavy atom. The summed E-state index contributed by atoms with van der Waals surface area (Å²) in [5.74, 6) is 8.81. The number of anilines is 3. The number of nitrogens with two attached hydrogens (primary N) is 2. The van der Waals surface area contributed by atoms with Crippen LogP contribution in [0.3, 0.4) is 0 Å². The Morgan fingerprint density at radius 2 is 1.23 bits per heavy atom. The molecule has 5 aromatic carbocycles. The van der Waals surface area contributed by atoms with Crippen LogP contribution in [0.2, 0.25) is 0 Å². The fourth-order valence-corrected chi connectivity index (χ4v) is 9.23. The van der Waals surface area contributed by atoms with Gasteiger partial charge in [-0.2, -0.15) is 0 Å². The fraction of sp³-hybridized carbons (Fsp3) is 0.306. The molecule has 4 heterocycles. The van der Waals surface area contributed by atoms with Crippen LogP contribution in [-0.2, 0) is 6.54 Å². The van der Waals surface area contributed by atoms with E-state index in [0.717, 1.165) is 54.3 Å². The topological polar surface area (TPSA) is 132 Å². The Morgan fingerprint density at radius 1 is 0.677 bits per heavy atom. The van der Waals surface area contributed by atoms with Crippen LogP contribution in [0, 0.1) is 17.6 Å². The molecule has 0 saturated carbocycles. The van der Waals surface area contributed by atoms with Crippen molar-refractivity contribution in [1.82, 2.24) is 24.8 Å². The molecule has 11 nitrogen and oxygen atoms in total. The zero-order chi connectivity index (χ0) is 42.7. The zero-order valence-electron chi connectivity index (χ0n) is 35.1. The summed E-state index contributed by atoms with van der Waals surface area (Å²) in [5.41, 5.74) is 11.3. The van der Waals surface area contributed by atoms with E-state index in [0.29, 0.717) is 89.7 Å². The highest BCUT2D eigenvalue weighted by molar-refractivity contribution is 5.94. The minimum absolute atomic E-state index is 0.0197. The number of hydrazine groups is 1. The molecular weight excluding hydrogens is 785 g/mol. The zero-order valence-corrected chi connectivity index (χ0v) is 35.1. The van der Waals surface area contributed by atoms with Crippen molar-refractivity contribution in [3.05, 3.63) is 126 Å². The van der Waals surface area contributed by atoms with Crippen molar-refractivity contribution >= 4 is 39.4 Å². The van der Waals surface area contributed by atoms with Crippen LogP contribution in [0.1, 0.15) is 45.1 Å². The summed E-state index contributed by atoms with van der Waals surface area (Å²) < 4.78 is 42.6. The molecule has 2 unspecified atom stereocenters. The first kappa shape index (κ1) is 40.9. The van der Waals surface area contributed by atoms with Crippen LogP contribution in [0.15, 0.2) is 109 Å². The first-order valence-corrected chi connectivity index (χ1v) is 21.5. The molecule has 4 N–H and O–H groups in total. The van der Waals surface area contributed by atoms with E-state index >= 15 is 8.78 Å². The number of piperidine rings is 2. The second-order valence-corrected chi connectivity index (χ2v) is 16.1. The third kappa shape index (κ3) is 8.17. The number of hydrogen-bond donors (Lipinski definition) is 2. The molecule has 2 aromatic heterocycles. The molecule has 2 fully saturated rings. The van der Waals surface area contributed by atoms with Gasteiger partial charge < -0.3 is 20.1 Å². The van der Waals surface area contributed by atoms with E-state index < -0.39 is 0 Å². The van der Waals surface area contributed by atoms with Crippen LogP contribution in [-0.4, -0.2) is 69.8 Å². The van der Waals surface area contributed by atoms with E-state index in [-0.39, 0.29) is 29.6 Å². The standard InChI is InChI=1S/C49H51F2N9O2/c1-3-61-43-27-31(28-44(45(43)52)62-4-2)30-58-24-21-32(22-25-58)42-29-33(60(53)49-55-41-20-12-8-16-37(41)47(57-49)35-14-6-10-18-39(35)51)23-26-59(42)48-54-40-19-11-7-15-36(40)46(56-48)34-13-5-9-17-38(34)50/h5-20,27-28,32-33,42H,3-4,21-26,29-30,52-53H2,1-2H3. The fourth-order valence-electron chi connectivity index (χ4n) is 9.23. The minimum Gasteiger partial charge on any atom is -0.492 e. The van der Waals surface area contributed by atoms with Crippen LogP contribution in [0.5, 0.6) is 11.5 Å². The number of aromatic nitrogens is 4. The van der Waals surface area contributed by atoms with Gasteiger partial charge in [0.25, 0.3) is 0 Å². The molecule has 62 heavy (non-hydrogen) atoms. The number of para-hydroxylation sites is 2. The van der Waals surface area contributed by atoms with Gasteiger partial charge in [-0.05, 0) is 113 Å². The van der Waals surface area contributed by atoms with Crippen molar-refractivity contribution in [3.8, 4) is 34.0 Å². The lowest BCUT2D eigenvalue weighted by Gasteiger charge is -2.47. The second kappa shape index (κ2) is 17.9. The van der Waals surface area contributed by atoms with E-state index in [2.05, 4.69) is 9.80 Å². The summed E-state index contributed by atoms with van der Waals surface area (Å²) in [4.78, 5) is 25.0. The van der Waals surface area contributed by atoms with E-state index in [1.165, 1.54) is 12.1 Å². The predicted octanol–water partition coefficient (Wildman–Crippen LogP) is 9.19. The SMILES string of the molecule is CCOc1cc(CN2CCC(C3CC(N(N)c4nc(-c5ccccc5F)c5ccccc5n4)CCN3c3nc(-c4ccccc4F)c4ccccc4n3)CC2)cc(OCC)c1N. The van der Waals surface area contributed by atoms with Gasteiger partial charge in [0.2, 0.25) is 11.9 Å². The van der Waals surface area contributed by atoms with Gasteiger partial charge in [-0.3, -0.25) is 9.91 Å². The molecule has 9 rings (SSSR count). The van der Waals surface area contributed by atoms with E-state index in [1.807, 2.05) is 80.6 Å². The summed E-state index contributed by atoms with van der Waals surface area (Å²) in [7, 11) is 0. The molecule has 2 atom stereocenters. The van der Waals surface area contributed by atoms with Crippen molar-refractivity contribution in [2.24, 2.45) is 11.8 Å². The van der Waals surface area contributed by atoms with Crippen LogP contribution < -0.4 is 31.0 Å². The first-order valence-electron chi connectivity index (χ1n) is 21.5. The van der Waals surface area contributed by atoms with Crippen molar-refractivity contribution < 1.29 is 18.3 Å². The smallest absolute Gasteiger partial charge is 0.241 e. The number of benzene rings is 5. The Bertz CT molecular complexity index is 2680. The number of fused-ring (bicyclic) bond motifs is 2. The molecule has 13 heteroatoms. The van der Waals surface area contributed by atoms with Crippen molar-refractivity contribution in [2.75, 3.05) is 48.5 Å². The van der Waals surface area contributed by atoms with Crippen LogP contribution in [0.4, 0.5) is 26.4 Å². The maximum atomic E-state index is 15.5. The minimum atomic E-state index is -0.364. The van der Waals surface area contributed by atoms with Gasteiger partial charge in [-0.1, -0.05) is 60.7 Å². The number of nitrogen functional groups attached to an aromatic ring is 1. The first-order chi connectivity index (χ1) is 30.3. The highest BCUT2D eigenvalue weighted by atomic mass is 19.1. The van der Waals surface area contributed by atoms with Gasteiger partial charge in [0, 0.05) is 41.0 Å². The summed E-state index contributed by atoms with van der Waals surface area (Å²) in [5, 5.41) is 3.21. The Balaban J connectivity index is 1.05. The number of ether oxygens (including phenoxy) is 2. The van der Waals surface area contributed by atoms with Crippen molar-refractivity contribution in [2.45, 2.75) is 58.2 Å². The lowest BCUT2D eigenvalue weighted by atomic mass is 9.82. The monoisotopic (exact) mass is 835 g/mol. The Hall–Kier alpha value is -6.44. The third-order valence-corrected chi connectivity index (χ3v) is 12.3. The number of rotatable bonds is 12. The quantitative estimate of drug-likeness (QED) is 0.0694. The van der Waals surface area contributed by atoms with Crippen LogP contribution >= 0.6 is 0 Å². The summed E-state index contributed by atoms with van der Waals surface area (Å²) in [6.45, 7) is 7.95. The molecule has 2 aliphatic heterocycles. The number of likely N-dealkylation sites (tertiary alicyclic amines) is 1. The highest BCUT2D eigenvalue weighted by Crippen LogP contribution is 2.39. The predicted molar refractivity (Wildman–Crippen MR) is 242 cm³/mol. The molecule has 2 saturated heterocycles. The largest absolute Gasteiger partial charge is 0.492 e. The Kier molecular flexibility index (Phi) is 11.8. The highest BCUT2D eigenvalue weighted by Gasteiger charge is 2.39. The van der Waals surface area contributed by atoms with Gasteiger partial charge >= 0.3 is 0 Å². The lowest BCUT2D eigenvalue weighted by molar-refractivity contribution is 0.148. The molecule has 0 spiro atoms. The molecule has 2 aliphatic rings. The number of nitrogens with zero attached hydrogens (tertiary/aromatic N) is 7. The Labute approximate surface area is 360 Å². The molecular formula is C49H51F2N9O2. The number of halogens is 2. The van der Waals surface area contributed by atoms with Gasteiger partial charge in [-0.25, -0.2) is 34.6 Å². The van der Waals surface area contributed by atoms with Gasteiger partial charge in [0.1, 0.15) is 28.8 Å². The average Bonchev–Trinajstić information content (AvgIpc) is 3.30. The molecule has 318 valence electrons. The van der Waals surface area contributed by atoms with E-state index in [1.54, 1.807) is 35.3 Å². The van der Waals surface area contributed by atoms with Gasteiger partial charge in [0.15, 0.2) is 0 Å². The second-order valence-electron chi connectivity index (χ2n) is 16.1. The van der Waals surface area contributed by atoms with Gasteiger partial charge in [0.05, 0.1) is 41.7 Å². The molecule has 0 radical (unpaired) electrons. The maximum absolute atomic E-state index is 15.5. The average molecular weight is 836 g/mol. The van der Waals surface area contributed by atoms with Crippen LogP contribution in [0.25, 0.3) is 44.3 Å². The summed E-state index contributed by atoms with van der Waals surface area (Å²) >= 11 is 0. The van der Waals surface area contributed by atoms with Crippen molar-refractivity contribution in [3.63, 3.8) is 0 Å². The van der Waals surface area contributed by atoms with E-state index in [9.17, 15) is 0 Å². The molecule has 0 bridgehead atoms. The van der Waals surface area contributed by atoms with Gasteiger partial charge in [-0.15, -0.1) is 0 Å². The van der Waals surface area contributed by atoms with Crippen molar-refractivity contribution in [1.29, 1.82) is 0 Å². The molecule has 7 aromatic rings. The normalized spacial score (nSPS) is 17.4. The molecule has 0 aliphatic carbocycles. The molecule has 0 amide bonds. The summed E-state index contributed by atoms with van der Waals surface area (Å²) in [6.07, 6.45) is 3.16. The third-order valence-electron chi connectivity index (χ3n) is 12.3. The lowest BCUT2D eigenvalue weighted by Crippen LogP contribution is -2.56. The number of hydrogen-bond acceptors (Lipinski definition) is 11. The van der Waals surface area contributed by atoms with E-state index in [4.69, 9.17) is 41.0 Å². The summed E-state index contributed by atoms with van der Waals surface area (Å²) in [6, 6.07) is 32.7.